The van der Waals surface area contributed by atoms with Crippen molar-refractivity contribution >= 4 is 37.2 Å². The lowest BCUT2D eigenvalue weighted by atomic mass is 10.2. The van der Waals surface area contributed by atoms with Gasteiger partial charge in [0.2, 0.25) is 5.88 Å². The Morgan fingerprint density at radius 1 is 1.11 bits per heavy atom. The number of rotatable bonds is 7. The molecule has 1 amide bonds. The zero-order chi connectivity index (χ0) is 26.8. The van der Waals surface area contributed by atoms with Gasteiger partial charge in [0.25, 0.3) is 0 Å². The van der Waals surface area contributed by atoms with Crippen LogP contribution >= 0.6 is 0 Å². The zero-order valence-electron chi connectivity index (χ0n) is 20.2. The van der Waals surface area contributed by atoms with E-state index in [1.54, 1.807) is 30.3 Å². The minimum atomic E-state index is -4.51. The van der Waals surface area contributed by atoms with Crippen molar-refractivity contribution in [2.45, 2.75) is 31.9 Å². The maximum Gasteiger partial charge on any atom is 0.416 e. The number of anilines is 1. The van der Waals surface area contributed by atoms with Crippen LogP contribution in [0.1, 0.15) is 17.4 Å². The van der Waals surface area contributed by atoms with Crippen molar-refractivity contribution in [3.8, 4) is 11.6 Å². The van der Waals surface area contributed by atoms with Gasteiger partial charge in [0, 0.05) is 29.6 Å². The van der Waals surface area contributed by atoms with Crippen LogP contribution in [0.2, 0.25) is 19.6 Å². The summed E-state index contributed by atoms with van der Waals surface area (Å²) >= 11 is 0. The van der Waals surface area contributed by atoms with Crippen LogP contribution in [-0.4, -0.2) is 35.1 Å². The number of carbonyl (C=O) groups excluding carboxylic acids is 1. The molecule has 8 nitrogen and oxygen atoms in total. The second-order valence-electron chi connectivity index (χ2n) is 9.12. The number of hydrogen-bond donors (Lipinski definition) is 2. The van der Waals surface area contributed by atoms with Crippen molar-refractivity contribution < 1.29 is 27.1 Å². The van der Waals surface area contributed by atoms with E-state index >= 15 is 0 Å². The van der Waals surface area contributed by atoms with E-state index in [9.17, 15) is 18.0 Å². The van der Waals surface area contributed by atoms with Crippen molar-refractivity contribution in [1.29, 1.82) is 5.41 Å². The molecule has 37 heavy (non-hydrogen) atoms. The van der Waals surface area contributed by atoms with Crippen LogP contribution in [0.25, 0.3) is 10.9 Å². The molecule has 0 radical (unpaired) electrons. The first-order valence-corrected chi connectivity index (χ1v) is 14.6. The predicted molar refractivity (Wildman–Crippen MR) is 136 cm³/mol. The molecule has 4 aromatic rings. The summed E-state index contributed by atoms with van der Waals surface area (Å²) in [6.45, 7) is 6.05. The largest absolute Gasteiger partial charge is 0.439 e. The van der Waals surface area contributed by atoms with Crippen LogP contribution in [0.5, 0.6) is 11.6 Å². The molecule has 0 aliphatic heterocycles. The molecule has 0 spiro atoms. The van der Waals surface area contributed by atoms with Gasteiger partial charge in [0.15, 0.2) is 8.32 Å². The first-order valence-electron chi connectivity index (χ1n) is 11.2. The summed E-state index contributed by atoms with van der Waals surface area (Å²) in [5, 5.41) is 10.9. The summed E-state index contributed by atoms with van der Waals surface area (Å²) in [6, 6.07) is 12.1. The summed E-state index contributed by atoms with van der Waals surface area (Å²) in [4.78, 5) is 21.1. The average Bonchev–Trinajstić information content (AvgIpc) is 3.25. The van der Waals surface area contributed by atoms with Crippen LogP contribution < -0.4 is 10.1 Å². The number of halogens is 3. The maximum atomic E-state index is 13.0. The molecule has 0 bridgehead atoms. The van der Waals surface area contributed by atoms with Gasteiger partial charge in [0.1, 0.15) is 18.2 Å². The average molecular weight is 528 g/mol. The molecule has 0 saturated heterocycles. The fourth-order valence-electron chi connectivity index (χ4n) is 3.56. The van der Waals surface area contributed by atoms with Crippen molar-refractivity contribution in [3.63, 3.8) is 0 Å². The first-order chi connectivity index (χ1) is 17.4. The molecule has 1 unspecified atom stereocenters. The SMILES string of the molecule is C[Si](C)(C)OC(C=N)c1cc(Oc2ccc3c(ccn3C(=O)Nc3cccc(C(F)(F)F)c3)c2)ncn1. The van der Waals surface area contributed by atoms with Crippen LogP contribution in [-0.2, 0) is 10.6 Å². The highest BCUT2D eigenvalue weighted by Crippen LogP contribution is 2.31. The Bertz CT molecular complexity index is 1450. The maximum absolute atomic E-state index is 13.0. The second kappa shape index (κ2) is 10.1. The predicted octanol–water partition coefficient (Wildman–Crippen LogP) is 6.86. The molecule has 2 heterocycles. The Morgan fingerprint density at radius 2 is 1.89 bits per heavy atom. The molecule has 1 atom stereocenters. The van der Waals surface area contributed by atoms with E-state index in [1.807, 2.05) is 19.6 Å². The van der Waals surface area contributed by atoms with Gasteiger partial charge in [-0.1, -0.05) is 6.07 Å². The Morgan fingerprint density at radius 3 is 2.59 bits per heavy atom. The van der Waals surface area contributed by atoms with Gasteiger partial charge < -0.3 is 19.9 Å². The first kappa shape index (κ1) is 26.0. The summed E-state index contributed by atoms with van der Waals surface area (Å²) in [5.74, 6) is 0.711. The van der Waals surface area contributed by atoms with Crippen molar-refractivity contribution in [1.82, 2.24) is 14.5 Å². The topological polar surface area (TPSA) is 102 Å². The van der Waals surface area contributed by atoms with Crippen LogP contribution in [0.15, 0.2) is 67.1 Å². The monoisotopic (exact) mass is 527 g/mol. The number of ether oxygens (including phenoxy) is 1. The molecule has 0 fully saturated rings. The Kier molecular flexibility index (Phi) is 7.14. The third kappa shape index (κ3) is 6.40. The smallest absolute Gasteiger partial charge is 0.416 e. The van der Waals surface area contributed by atoms with Crippen LogP contribution in [0.4, 0.5) is 23.7 Å². The number of benzene rings is 2. The normalized spacial score (nSPS) is 12.8. The molecular formula is C25H24F3N5O3Si. The van der Waals surface area contributed by atoms with E-state index in [-0.39, 0.29) is 11.6 Å². The molecule has 2 aromatic carbocycles. The highest BCUT2D eigenvalue weighted by atomic mass is 28.4. The summed E-state index contributed by atoms with van der Waals surface area (Å²) in [6.07, 6.45) is -1.08. The van der Waals surface area contributed by atoms with Crippen molar-refractivity contribution in [2.24, 2.45) is 0 Å². The minimum Gasteiger partial charge on any atom is -0.439 e. The highest BCUT2D eigenvalue weighted by Gasteiger charge is 2.30. The Labute approximate surface area is 211 Å². The third-order valence-corrected chi connectivity index (χ3v) is 6.09. The lowest BCUT2D eigenvalue weighted by Crippen LogP contribution is -2.28. The number of aromatic nitrogens is 3. The molecule has 192 valence electrons. The highest BCUT2D eigenvalue weighted by molar-refractivity contribution is 6.69. The fourth-order valence-corrected chi connectivity index (χ4v) is 4.52. The van der Waals surface area contributed by atoms with Gasteiger partial charge in [-0.15, -0.1) is 0 Å². The molecule has 12 heteroatoms. The minimum absolute atomic E-state index is 0.0301. The lowest BCUT2D eigenvalue weighted by molar-refractivity contribution is -0.137. The van der Waals surface area contributed by atoms with Gasteiger partial charge in [-0.25, -0.2) is 14.8 Å². The van der Waals surface area contributed by atoms with E-state index in [1.165, 1.54) is 35.4 Å². The van der Waals surface area contributed by atoms with E-state index in [0.717, 1.165) is 12.1 Å². The number of nitrogens with zero attached hydrogens (tertiary/aromatic N) is 3. The number of alkyl halides is 3. The quantitative estimate of drug-likeness (QED) is 0.202. The molecule has 0 aliphatic rings. The van der Waals surface area contributed by atoms with E-state index < -0.39 is 32.2 Å². The van der Waals surface area contributed by atoms with Gasteiger partial charge >= 0.3 is 12.2 Å². The third-order valence-electron chi connectivity index (χ3n) is 5.13. The number of amides is 1. The number of carbonyl (C=O) groups is 1. The van der Waals surface area contributed by atoms with E-state index in [2.05, 4.69) is 15.3 Å². The number of hydrogen-bond acceptors (Lipinski definition) is 6. The molecule has 0 aliphatic carbocycles. The fraction of sp³-hybridized carbons (Fsp3) is 0.200. The molecule has 0 saturated carbocycles. The summed E-state index contributed by atoms with van der Waals surface area (Å²) in [7, 11) is -1.93. The van der Waals surface area contributed by atoms with Crippen LogP contribution in [0.3, 0.4) is 0 Å². The second-order valence-corrected chi connectivity index (χ2v) is 13.6. The zero-order valence-corrected chi connectivity index (χ0v) is 21.2. The molecular weight excluding hydrogens is 503 g/mol. The Hall–Kier alpha value is -4.03. The van der Waals surface area contributed by atoms with Gasteiger partial charge in [-0.3, -0.25) is 4.57 Å². The summed E-state index contributed by atoms with van der Waals surface area (Å²) < 4.78 is 52.1. The van der Waals surface area contributed by atoms with Crippen LogP contribution in [0, 0.1) is 5.41 Å². The van der Waals surface area contributed by atoms with E-state index in [0.29, 0.717) is 22.3 Å². The number of fused-ring (bicyclic) bond motifs is 1. The van der Waals surface area contributed by atoms with Gasteiger partial charge in [-0.05, 0) is 62.1 Å². The number of nitrogens with one attached hydrogen (secondary N) is 2. The van der Waals surface area contributed by atoms with Crippen molar-refractivity contribution in [3.05, 3.63) is 78.4 Å². The standard InChI is InChI=1S/C25H24F3N5O3Si/c1-37(2,3)36-22(14-29)20-13-23(31-15-30-20)35-19-7-8-21-16(11-19)9-10-33(21)24(34)32-18-6-4-5-17(12-18)25(26,27)28/h4-15,22,29H,1-3H3,(H,32,34). The Balaban J connectivity index is 1.51. The van der Waals surface area contributed by atoms with E-state index in [4.69, 9.17) is 14.6 Å². The lowest BCUT2D eigenvalue weighted by Gasteiger charge is -2.23. The molecule has 2 aromatic heterocycles. The summed E-state index contributed by atoms with van der Waals surface area (Å²) in [5.41, 5.74) is 0.215. The van der Waals surface area contributed by atoms with Gasteiger partial charge in [-0.2, -0.15) is 13.2 Å². The van der Waals surface area contributed by atoms with Gasteiger partial charge in [0.05, 0.1) is 16.8 Å². The molecule has 4 rings (SSSR count). The molecule has 2 N–H and O–H groups in total. The van der Waals surface area contributed by atoms with Crippen molar-refractivity contribution in [2.75, 3.05) is 5.32 Å².